The van der Waals surface area contributed by atoms with Gasteiger partial charge in [0.25, 0.3) is 0 Å². The van der Waals surface area contributed by atoms with E-state index >= 15 is 0 Å². The number of piperidine rings is 1. The van der Waals surface area contributed by atoms with Crippen molar-refractivity contribution in [1.82, 2.24) is 4.90 Å². The zero-order valence-corrected chi connectivity index (χ0v) is 8.00. The van der Waals surface area contributed by atoms with Gasteiger partial charge in [-0.2, -0.15) is 0 Å². The predicted molar refractivity (Wildman–Crippen MR) is 50.0 cm³/mol. The fraction of sp³-hybridized carbons (Fsp3) is 1.00. The summed E-state index contributed by atoms with van der Waals surface area (Å²) in [6.45, 7) is 5.24. The molecule has 0 aromatic rings. The molecule has 1 heterocycles. The van der Waals surface area contributed by atoms with Crippen molar-refractivity contribution in [3.63, 3.8) is 0 Å². The fourth-order valence-electron chi connectivity index (χ4n) is 2.89. The highest BCUT2D eigenvalue weighted by Crippen LogP contribution is 2.46. The van der Waals surface area contributed by atoms with E-state index in [4.69, 9.17) is 0 Å². The molecule has 1 aliphatic heterocycles. The number of fused-ring (bicyclic) bond motifs is 1. The minimum Gasteiger partial charge on any atom is -0.300 e. The summed E-state index contributed by atoms with van der Waals surface area (Å²) in [5.74, 6) is 3.24. The summed E-state index contributed by atoms with van der Waals surface area (Å²) in [5, 5.41) is 0. The molecule has 0 N–H and O–H groups in total. The molecule has 1 heteroatoms. The van der Waals surface area contributed by atoms with Crippen molar-refractivity contribution in [2.45, 2.75) is 38.6 Å². The minimum absolute atomic E-state index is 1.03. The lowest BCUT2D eigenvalue weighted by atomic mass is 10.1. The SMILES string of the molecule is CC1CC1CN1CCC[C@@H]2C[C@@H]21. The molecule has 1 saturated heterocycles. The summed E-state index contributed by atoms with van der Waals surface area (Å²) in [6, 6.07) is 1.03. The number of hydrogen-bond donors (Lipinski definition) is 0. The van der Waals surface area contributed by atoms with Crippen LogP contribution in [0.1, 0.15) is 32.6 Å². The van der Waals surface area contributed by atoms with Crippen molar-refractivity contribution in [1.29, 1.82) is 0 Å². The number of hydrogen-bond acceptors (Lipinski definition) is 1. The van der Waals surface area contributed by atoms with Gasteiger partial charge in [0.15, 0.2) is 0 Å². The average Bonchev–Trinajstić information content (AvgIpc) is 2.89. The summed E-state index contributed by atoms with van der Waals surface area (Å²) in [4.78, 5) is 2.78. The number of nitrogens with zero attached hydrogens (tertiary/aromatic N) is 1. The first-order valence-corrected chi connectivity index (χ1v) is 5.58. The summed E-state index contributed by atoms with van der Waals surface area (Å²) in [7, 11) is 0. The van der Waals surface area contributed by atoms with Crippen LogP contribution in [0.4, 0.5) is 0 Å². The van der Waals surface area contributed by atoms with Crippen LogP contribution in [0.3, 0.4) is 0 Å². The third-order valence-corrected chi connectivity index (χ3v) is 4.12. The maximum atomic E-state index is 2.78. The fourth-order valence-corrected chi connectivity index (χ4v) is 2.89. The van der Waals surface area contributed by atoms with Gasteiger partial charge in [0, 0.05) is 12.6 Å². The zero-order valence-electron chi connectivity index (χ0n) is 8.00. The van der Waals surface area contributed by atoms with Gasteiger partial charge in [-0.3, -0.25) is 4.90 Å². The number of rotatable bonds is 2. The van der Waals surface area contributed by atoms with Gasteiger partial charge in [-0.1, -0.05) is 6.92 Å². The van der Waals surface area contributed by atoms with Gasteiger partial charge in [-0.05, 0) is 50.0 Å². The molecule has 0 radical (unpaired) electrons. The van der Waals surface area contributed by atoms with Crippen LogP contribution in [-0.4, -0.2) is 24.0 Å². The van der Waals surface area contributed by atoms with E-state index in [1.54, 1.807) is 0 Å². The Morgan fingerprint density at radius 3 is 2.92 bits per heavy atom. The molecule has 0 aromatic carbocycles. The molecule has 4 atom stereocenters. The van der Waals surface area contributed by atoms with Crippen LogP contribution in [0, 0.1) is 17.8 Å². The van der Waals surface area contributed by atoms with Crippen molar-refractivity contribution in [2.75, 3.05) is 13.1 Å². The molecule has 2 aliphatic carbocycles. The zero-order chi connectivity index (χ0) is 8.13. The smallest absolute Gasteiger partial charge is 0.0127 e. The van der Waals surface area contributed by atoms with Crippen LogP contribution in [0.25, 0.3) is 0 Å². The highest BCUT2D eigenvalue weighted by Gasteiger charge is 2.46. The summed E-state index contributed by atoms with van der Waals surface area (Å²) in [6.07, 6.45) is 6.04. The maximum Gasteiger partial charge on any atom is 0.0127 e. The van der Waals surface area contributed by atoms with Crippen molar-refractivity contribution >= 4 is 0 Å². The third kappa shape index (κ3) is 1.19. The first-order valence-electron chi connectivity index (χ1n) is 5.58. The average molecular weight is 165 g/mol. The van der Waals surface area contributed by atoms with E-state index in [2.05, 4.69) is 11.8 Å². The molecule has 12 heavy (non-hydrogen) atoms. The Labute approximate surface area is 75.1 Å². The van der Waals surface area contributed by atoms with Crippen molar-refractivity contribution in [2.24, 2.45) is 17.8 Å². The molecular formula is C11H19N. The van der Waals surface area contributed by atoms with Gasteiger partial charge in [0.05, 0.1) is 0 Å². The molecule has 0 spiro atoms. The lowest BCUT2D eigenvalue weighted by molar-refractivity contribution is 0.204. The van der Waals surface area contributed by atoms with E-state index in [1.165, 1.54) is 38.8 Å². The van der Waals surface area contributed by atoms with Crippen LogP contribution >= 0.6 is 0 Å². The monoisotopic (exact) mass is 165 g/mol. The first kappa shape index (κ1) is 7.37. The Kier molecular flexibility index (Phi) is 1.52. The van der Waals surface area contributed by atoms with E-state index in [9.17, 15) is 0 Å². The van der Waals surface area contributed by atoms with Crippen LogP contribution < -0.4 is 0 Å². The predicted octanol–water partition coefficient (Wildman–Crippen LogP) is 2.13. The summed E-state index contributed by atoms with van der Waals surface area (Å²) in [5.41, 5.74) is 0. The molecule has 0 amide bonds. The van der Waals surface area contributed by atoms with E-state index in [0.29, 0.717) is 0 Å². The largest absolute Gasteiger partial charge is 0.300 e. The molecule has 1 nitrogen and oxygen atoms in total. The Morgan fingerprint density at radius 1 is 1.33 bits per heavy atom. The van der Waals surface area contributed by atoms with E-state index in [-0.39, 0.29) is 0 Å². The molecular weight excluding hydrogens is 146 g/mol. The second-order valence-electron chi connectivity index (χ2n) is 5.17. The minimum atomic E-state index is 1.03. The lowest BCUT2D eigenvalue weighted by Gasteiger charge is -2.26. The molecule has 3 aliphatic rings. The maximum absolute atomic E-state index is 2.78. The molecule has 3 rings (SSSR count). The van der Waals surface area contributed by atoms with Crippen LogP contribution in [0.5, 0.6) is 0 Å². The molecule has 0 aromatic heterocycles. The Bertz CT molecular complexity index is 189. The van der Waals surface area contributed by atoms with E-state index in [1.807, 2.05) is 0 Å². The standard InChI is InChI=1S/C11H19N/c1-8-5-10(8)7-12-4-2-3-9-6-11(9)12/h8-11H,2-7H2,1H3/t8?,9-,10?,11+/m1/s1. The van der Waals surface area contributed by atoms with E-state index in [0.717, 1.165) is 23.8 Å². The van der Waals surface area contributed by atoms with Crippen LogP contribution in [0.15, 0.2) is 0 Å². The Morgan fingerprint density at radius 2 is 2.17 bits per heavy atom. The van der Waals surface area contributed by atoms with Gasteiger partial charge >= 0.3 is 0 Å². The normalized spacial score (nSPS) is 51.8. The molecule has 3 fully saturated rings. The van der Waals surface area contributed by atoms with Crippen molar-refractivity contribution < 1.29 is 0 Å². The van der Waals surface area contributed by atoms with Gasteiger partial charge in [0.1, 0.15) is 0 Å². The van der Waals surface area contributed by atoms with Gasteiger partial charge < -0.3 is 0 Å². The Hall–Kier alpha value is -0.0400. The second kappa shape index (κ2) is 2.47. The van der Waals surface area contributed by atoms with Gasteiger partial charge in [0.2, 0.25) is 0 Å². The third-order valence-electron chi connectivity index (χ3n) is 4.12. The van der Waals surface area contributed by atoms with Crippen LogP contribution in [0.2, 0.25) is 0 Å². The highest BCUT2D eigenvalue weighted by molar-refractivity contribution is 5.00. The highest BCUT2D eigenvalue weighted by atomic mass is 15.2. The second-order valence-corrected chi connectivity index (χ2v) is 5.17. The van der Waals surface area contributed by atoms with Crippen LogP contribution in [-0.2, 0) is 0 Å². The van der Waals surface area contributed by atoms with Gasteiger partial charge in [-0.15, -0.1) is 0 Å². The summed E-state index contributed by atoms with van der Waals surface area (Å²) < 4.78 is 0. The van der Waals surface area contributed by atoms with Crippen molar-refractivity contribution in [3.05, 3.63) is 0 Å². The summed E-state index contributed by atoms with van der Waals surface area (Å²) >= 11 is 0. The topological polar surface area (TPSA) is 3.24 Å². The quantitative estimate of drug-likeness (QED) is 0.606. The van der Waals surface area contributed by atoms with Crippen molar-refractivity contribution in [3.8, 4) is 0 Å². The molecule has 68 valence electrons. The molecule has 0 bridgehead atoms. The Balaban J connectivity index is 1.55. The number of likely N-dealkylation sites (tertiary alicyclic amines) is 1. The lowest BCUT2D eigenvalue weighted by Crippen LogP contribution is -2.33. The van der Waals surface area contributed by atoms with Gasteiger partial charge in [-0.25, -0.2) is 0 Å². The molecule has 2 unspecified atom stereocenters. The molecule has 2 saturated carbocycles. The first-order chi connectivity index (χ1) is 5.84. The van der Waals surface area contributed by atoms with E-state index < -0.39 is 0 Å².